The number of benzene rings is 1. The summed E-state index contributed by atoms with van der Waals surface area (Å²) >= 11 is 0. The van der Waals surface area contributed by atoms with Crippen molar-refractivity contribution in [2.24, 2.45) is 0 Å². The number of nitrogens with zero attached hydrogens (tertiary/aromatic N) is 2. The van der Waals surface area contributed by atoms with Crippen molar-refractivity contribution in [3.63, 3.8) is 0 Å². The van der Waals surface area contributed by atoms with E-state index in [4.69, 9.17) is 4.98 Å². The van der Waals surface area contributed by atoms with Gasteiger partial charge in [-0.25, -0.2) is 4.98 Å². The number of fused-ring (bicyclic) bond motifs is 1. The predicted molar refractivity (Wildman–Crippen MR) is 86.5 cm³/mol. The molecular weight excluding hydrogens is 258 g/mol. The summed E-state index contributed by atoms with van der Waals surface area (Å²) in [5, 5.41) is 3.73. The Kier molecular flexibility index (Phi) is 3.11. The fourth-order valence-electron chi connectivity index (χ4n) is 3.19. The zero-order valence-corrected chi connectivity index (χ0v) is 12.0. The topological polar surface area (TPSA) is 29.3 Å². The molecule has 1 fully saturated rings. The summed E-state index contributed by atoms with van der Waals surface area (Å²) in [4.78, 5) is 4.83. The van der Waals surface area contributed by atoms with Crippen LogP contribution in [0.25, 0.3) is 16.9 Å². The van der Waals surface area contributed by atoms with E-state index in [0.717, 1.165) is 17.2 Å². The number of hydrogen-bond acceptors (Lipinski definition) is 2. The van der Waals surface area contributed by atoms with Crippen LogP contribution in [0.1, 0.15) is 25.7 Å². The Morgan fingerprint density at radius 2 is 1.71 bits per heavy atom. The first-order valence-electron chi connectivity index (χ1n) is 7.71. The van der Waals surface area contributed by atoms with Crippen LogP contribution in [0.4, 0.5) is 5.82 Å². The van der Waals surface area contributed by atoms with Crippen LogP contribution < -0.4 is 5.32 Å². The number of aromatic nitrogens is 2. The lowest BCUT2D eigenvalue weighted by atomic mass is 10.1. The van der Waals surface area contributed by atoms with E-state index in [1.807, 2.05) is 12.1 Å². The van der Waals surface area contributed by atoms with E-state index in [0.29, 0.717) is 6.04 Å². The highest BCUT2D eigenvalue weighted by molar-refractivity contribution is 5.76. The third-order valence-electron chi connectivity index (χ3n) is 4.27. The molecule has 1 aliphatic carbocycles. The molecule has 2 heterocycles. The Labute approximate surface area is 124 Å². The number of imidazole rings is 1. The standard InChI is InChI=1S/C18H19N3/c1-2-8-14(9-3-1)17-18(19-15-10-4-5-11-15)21-13-7-6-12-16(21)20-17/h1-3,6-9,12-13,15,19H,4-5,10-11H2. The van der Waals surface area contributed by atoms with Gasteiger partial charge in [-0.2, -0.15) is 0 Å². The molecule has 0 saturated heterocycles. The van der Waals surface area contributed by atoms with E-state index in [1.54, 1.807) is 0 Å². The smallest absolute Gasteiger partial charge is 0.139 e. The molecular formula is C18H19N3. The summed E-state index contributed by atoms with van der Waals surface area (Å²) in [6, 6.07) is 17.2. The average molecular weight is 277 g/mol. The maximum absolute atomic E-state index is 4.83. The average Bonchev–Trinajstić information content (AvgIpc) is 3.17. The van der Waals surface area contributed by atoms with E-state index < -0.39 is 0 Å². The molecule has 1 aromatic carbocycles. The van der Waals surface area contributed by atoms with Gasteiger partial charge in [0.15, 0.2) is 0 Å². The largest absolute Gasteiger partial charge is 0.367 e. The highest BCUT2D eigenvalue weighted by atomic mass is 15.1. The summed E-state index contributed by atoms with van der Waals surface area (Å²) in [5.74, 6) is 1.13. The molecule has 3 nitrogen and oxygen atoms in total. The molecule has 3 aromatic rings. The van der Waals surface area contributed by atoms with Crippen LogP contribution in [-0.4, -0.2) is 15.4 Å². The number of nitrogens with one attached hydrogen (secondary N) is 1. The number of rotatable bonds is 3. The Hall–Kier alpha value is -2.29. The second kappa shape index (κ2) is 5.24. The zero-order valence-electron chi connectivity index (χ0n) is 12.0. The van der Waals surface area contributed by atoms with Crippen LogP contribution in [0.2, 0.25) is 0 Å². The van der Waals surface area contributed by atoms with Gasteiger partial charge in [-0.3, -0.25) is 4.40 Å². The summed E-state index contributed by atoms with van der Waals surface area (Å²) < 4.78 is 2.17. The van der Waals surface area contributed by atoms with E-state index in [9.17, 15) is 0 Å². The van der Waals surface area contributed by atoms with E-state index in [1.165, 1.54) is 31.2 Å². The molecule has 2 aromatic heterocycles. The lowest BCUT2D eigenvalue weighted by Crippen LogP contribution is -2.16. The fraction of sp³-hybridized carbons (Fsp3) is 0.278. The maximum Gasteiger partial charge on any atom is 0.139 e. The second-order valence-corrected chi connectivity index (χ2v) is 5.73. The lowest BCUT2D eigenvalue weighted by molar-refractivity contribution is 0.749. The minimum absolute atomic E-state index is 0.576. The molecule has 4 rings (SSSR count). The van der Waals surface area contributed by atoms with Crippen molar-refractivity contribution >= 4 is 11.5 Å². The molecule has 106 valence electrons. The monoisotopic (exact) mass is 277 g/mol. The van der Waals surface area contributed by atoms with Gasteiger partial charge >= 0.3 is 0 Å². The second-order valence-electron chi connectivity index (χ2n) is 5.73. The molecule has 0 amide bonds. The van der Waals surface area contributed by atoms with Crippen molar-refractivity contribution in [1.29, 1.82) is 0 Å². The molecule has 1 aliphatic rings. The number of anilines is 1. The summed E-state index contributed by atoms with van der Waals surface area (Å²) in [5.41, 5.74) is 3.22. The highest BCUT2D eigenvalue weighted by Gasteiger charge is 2.20. The van der Waals surface area contributed by atoms with Gasteiger partial charge < -0.3 is 5.32 Å². The van der Waals surface area contributed by atoms with Crippen LogP contribution in [0.5, 0.6) is 0 Å². The van der Waals surface area contributed by atoms with Crippen molar-refractivity contribution < 1.29 is 0 Å². The first kappa shape index (κ1) is 12.5. The first-order valence-corrected chi connectivity index (χ1v) is 7.71. The van der Waals surface area contributed by atoms with E-state index in [-0.39, 0.29) is 0 Å². The minimum Gasteiger partial charge on any atom is -0.367 e. The normalized spacial score (nSPS) is 15.6. The van der Waals surface area contributed by atoms with Gasteiger partial charge in [0.05, 0.1) is 0 Å². The van der Waals surface area contributed by atoms with Gasteiger partial charge in [0.2, 0.25) is 0 Å². The van der Waals surface area contributed by atoms with E-state index in [2.05, 4.69) is 52.3 Å². The zero-order chi connectivity index (χ0) is 14.1. The van der Waals surface area contributed by atoms with Crippen molar-refractivity contribution in [2.45, 2.75) is 31.7 Å². The van der Waals surface area contributed by atoms with Crippen LogP contribution in [0.15, 0.2) is 54.7 Å². The molecule has 0 aliphatic heterocycles. The Morgan fingerprint density at radius 3 is 2.52 bits per heavy atom. The van der Waals surface area contributed by atoms with Gasteiger partial charge in [-0.05, 0) is 25.0 Å². The van der Waals surface area contributed by atoms with Crippen LogP contribution in [0, 0.1) is 0 Å². The number of hydrogen-bond donors (Lipinski definition) is 1. The minimum atomic E-state index is 0.576. The molecule has 0 atom stereocenters. The molecule has 0 spiro atoms. The van der Waals surface area contributed by atoms with Crippen LogP contribution in [-0.2, 0) is 0 Å². The van der Waals surface area contributed by atoms with Gasteiger partial charge in [0.1, 0.15) is 17.2 Å². The number of pyridine rings is 1. The summed E-state index contributed by atoms with van der Waals surface area (Å²) in [6.45, 7) is 0. The third kappa shape index (κ3) is 2.29. The lowest BCUT2D eigenvalue weighted by Gasteiger charge is -2.14. The van der Waals surface area contributed by atoms with Crippen LogP contribution >= 0.6 is 0 Å². The van der Waals surface area contributed by atoms with Crippen molar-refractivity contribution in [1.82, 2.24) is 9.38 Å². The molecule has 0 bridgehead atoms. The summed E-state index contributed by atoms with van der Waals surface area (Å²) in [6.07, 6.45) is 7.26. The Morgan fingerprint density at radius 1 is 0.952 bits per heavy atom. The molecule has 1 N–H and O–H groups in total. The van der Waals surface area contributed by atoms with Crippen molar-refractivity contribution in [3.8, 4) is 11.3 Å². The van der Waals surface area contributed by atoms with Gasteiger partial charge in [-0.1, -0.05) is 49.2 Å². The SMILES string of the molecule is c1ccc(-c2nc3ccccn3c2NC2CCCC2)cc1. The Bertz CT molecular complexity index is 740. The molecule has 0 unspecified atom stereocenters. The fourth-order valence-corrected chi connectivity index (χ4v) is 3.19. The van der Waals surface area contributed by atoms with Gasteiger partial charge in [-0.15, -0.1) is 0 Å². The third-order valence-corrected chi connectivity index (χ3v) is 4.27. The maximum atomic E-state index is 4.83. The first-order chi connectivity index (χ1) is 10.4. The summed E-state index contributed by atoms with van der Waals surface area (Å²) in [7, 11) is 0. The quantitative estimate of drug-likeness (QED) is 0.771. The van der Waals surface area contributed by atoms with Gasteiger partial charge in [0, 0.05) is 17.8 Å². The predicted octanol–water partition coefficient (Wildman–Crippen LogP) is 4.36. The van der Waals surface area contributed by atoms with Crippen LogP contribution in [0.3, 0.4) is 0 Å². The Balaban J connectivity index is 1.84. The molecule has 21 heavy (non-hydrogen) atoms. The van der Waals surface area contributed by atoms with Crippen molar-refractivity contribution in [2.75, 3.05) is 5.32 Å². The van der Waals surface area contributed by atoms with Gasteiger partial charge in [0.25, 0.3) is 0 Å². The highest BCUT2D eigenvalue weighted by Crippen LogP contribution is 2.31. The van der Waals surface area contributed by atoms with E-state index >= 15 is 0 Å². The molecule has 0 radical (unpaired) electrons. The molecule has 3 heteroatoms. The van der Waals surface area contributed by atoms with Crippen molar-refractivity contribution in [3.05, 3.63) is 54.7 Å². The molecule has 1 saturated carbocycles.